The van der Waals surface area contributed by atoms with E-state index in [1.54, 1.807) is 0 Å². The van der Waals surface area contributed by atoms with Gasteiger partial charge in [-0.15, -0.1) is 0 Å². The zero-order valence-corrected chi connectivity index (χ0v) is 20.5. The van der Waals surface area contributed by atoms with E-state index in [1.807, 2.05) is 50.3 Å². The van der Waals surface area contributed by atoms with Crippen LogP contribution in [0.5, 0.6) is 0 Å². The van der Waals surface area contributed by atoms with Crippen LogP contribution in [-0.4, -0.2) is 4.57 Å². The Labute approximate surface area is 213 Å². The van der Waals surface area contributed by atoms with Crippen molar-refractivity contribution in [2.75, 3.05) is 0 Å². The third-order valence-corrected chi connectivity index (χ3v) is 5.05. The average Bonchev–Trinajstić information content (AvgIpc) is 3.47. The van der Waals surface area contributed by atoms with Crippen molar-refractivity contribution >= 4 is 22.6 Å². The summed E-state index contributed by atoms with van der Waals surface area (Å²) in [4.78, 5) is 0. The van der Waals surface area contributed by atoms with Crippen LogP contribution in [0.3, 0.4) is 0 Å². The van der Waals surface area contributed by atoms with Crippen molar-refractivity contribution in [3.8, 4) is 11.4 Å². The summed E-state index contributed by atoms with van der Waals surface area (Å²) in [5, 5.41) is 0.757. The fourth-order valence-electron chi connectivity index (χ4n) is 3.54. The fraction of sp³-hybridized carbons (Fsp3) is 0.0800. The maximum atomic E-state index is 6.22. The molecule has 1 aromatic heterocycles. The van der Waals surface area contributed by atoms with Crippen molar-refractivity contribution < 1.29 is 45.6 Å². The topological polar surface area (TPSA) is 8.81 Å². The average molecular weight is 569 g/mol. The number of aromatic nitrogens is 2. The van der Waals surface area contributed by atoms with Crippen molar-refractivity contribution in [2.24, 2.45) is 7.05 Å². The predicted molar refractivity (Wildman–Crippen MR) is 116 cm³/mol. The summed E-state index contributed by atoms with van der Waals surface area (Å²) < 4.78 is 4.60. The molecule has 2 aromatic carbocycles. The van der Waals surface area contributed by atoms with Crippen LogP contribution in [0.2, 0.25) is 5.02 Å². The van der Waals surface area contributed by atoms with Crippen LogP contribution in [0.15, 0.2) is 48.5 Å². The second kappa shape index (κ2) is 12.5. The molecule has 2 nitrogen and oxygen atoms in total. The molecule has 2 aliphatic carbocycles. The second-order valence-electron chi connectivity index (χ2n) is 6.72. The molecule has 0 bridgehead atoms. The van der Waals surface area contributed by atoms with Gasteiger partial charge < -0.3 is 24.0 Å². The third kappa shape index (κ3) is 6.03. The van der Waals surface area contributed by atoms with E-state index in [-0.39, 0.29) is 41.0 Å². The molecule has 2 fully saturated rings. The number of hydrogen-bond donors (Lipinski definition) is 0. The van der Waals surface area contributed by atoms with Gasteiger partial charge in [-0.05, 0) is 88.1 Å². The minimum absolute atomic E-state index is 0. The van der Waals surface area contributed by atoms with Gasteiger partial charge in [-0.3, -0.25) is 0 Å². The standard InChI is InChI=1S/C20H17ClN2.C5H5.Fe.HI/c1-22-18-11-4-5-12-19(18)23(14-15-7-2-3-8-15)20(22)16-9-6-10-17(21)13-16;1-2-4-5-3-1;;/h2-13H,14H2,1H3;1-5H;;1H/q+1;;+2;/p-1. The van der Waals surface area contributed by atoms with Gasteiger partial charge in [-0.1, -0.05) is 29.8 Å². The summed E-state index contributed by atoms with van der Waals surface area (Å²) in [6.07, 6.45) is 18.5. The smallest absolute Gasteiger partial charge is 1.00 e. The molecule has 30 heavy (non-hydrogen) atoms. The molecule has 0 saturated heterocycles. The first-order valence-corrected chi connectivity index (χ1v) is 9.72. The van der Waals surface area contributed by atoms with Gasteiger partial charge in [0.15, 0.2) is 11.0 Å². The van der Waals surface area contributed by atoms with E-state index in [0.29, 0.717) is 0 Å². The first-order valence-electron chi connectivity index (χ1n) is 9.34. The SMILES string of the molecule is C[n+]1c(-c2cccc(Cl)c2)n(C[C]2[CH][CH][CH][CH]2)c2ccccc21.[CH]1[CH][CH][CH][CH]1.[Fe+2].[I-]. The molecule has 0 amide bonds. The van der Waals surface area contributed by atoms with Gasteiger partial charge in [0.2, 0.25) is 0 Å². The summed E-state index contributed by atoms with van der Waals surface area (Å²) in [6.45, 7) is 0.843. The zero-order chi connectivity index (χ0) is 19.3. The summed E-state index contributed by atoms with van der Waals surface area (Å²) in [7, 11) is 2.11. The van der Waals surface area contributed by atoms with Crippen molar-refractivity contribution in [2.45, 2.75) is 6.54 Å². The van der Waals surface area contributed by atoms with E-state index in [9.17, 15) is 0 Å². The van der Waals surface area contributed by atoms with Gasteiger partial charge in [0, 0.05) is 10.9 Å². The first kappa shape index (κ1) is 25.7. The number of aryl methyl sites for hydroxylation is 1. The third-order valence-electron chi connectivity index (χ3n) is 4.82. The molecule has 152 valence electrons. The number of halogens is 2. The Bertz CT molecular complexity index is 922. The van der Waals surface area contributed by atoms with Crippen LogP contribution in [0.4, 0.5) is 0 Å². The number of imidazole rings is 1. The van der Waals surface area contributed by atoms with Crippen molar-refractivity contribution in [3.05, 3.63) is 117 Å². The van der Waals surface area contributed by atoms with E-state index in [1.165, 1.54) is 17.0 Å². The maximum Gasteiger partial charge on any atom is 2.00 e. The van der Waals surface area contributed by atoms with Crippen LogP contribution < -0.4 is 28.5 Å². The molecule has 1 heterocycles. The molecule has 0 unspecified atom stereocenters. The summed E-state index contributed by atoms with van der Waals surface area (Å²) in [5.74, 6) is 2.46. The van der Waals surface area contributed by atoms with Crippen LogP contribution in [-0.2, 0) is 30.7 Å². The van der Waals surface area contributed by atoms with Crippen molar-refractivity contribution in [3.63, 3.8) is 0 Å². The minimum atomic E-state index is 0. The first-order chi connectivity index (χ1) is 13.7. The molecule has 0 aliphatic heterocycles. The van der Waals surface area contributed by atoms with E-state index in [2.05, 4.69) is 72.2 Å². The van der Waals surface area contributed by atoms with Gasteiger partial charge in [0.05, 0.1) is 19.2 Å². The van der Waals surface area contributed by atoms with E-state index in [4.69, 9.17) is 11.6 Å². The van der Waals surface area contributed by atoms with E-state index >= 15 is 0 Å². The van der Waals surface area contributed by atoms with Crippen LogP contribution in [0.1, 0.15) is 0 Å². The Morgan fingerprint density at radius 3 is 2.10 bits per heavy atom. The molecule has 5 heteroatoms. The summed E-state index contributed by atoms with van der Waals surface area (Å²) >= 11 is 6.22. The summed E-state index contributed by atoms with van der Waals surface area (Å²) in [6, 6.07) is 16.6. The van der Waals surface area contributed by atoms with Crippen LogP contribution in [0, 0.1) is 63.7 Å². The molecule has 2 saturated carbocycles. The Kier molecular flexibility index (Phi) is 10.7. The number of benzene rings is 2. The Morgan fingerprint density at radius 1 is 0.833 bits per heavy atom. The zero-order valence-electron chi connectivity index (χ0n) is 16.5. The van der Waals surface area contributed by atoms with E-state index in [0.717, 1.165) is 23.0 Å². The number of nitrogens with zero attached hydrogens (tertiary/aromatic N) is 2. The molecular formula is C25H22ClFeIN2+2. The second-order valence-corrected chi connectivity index (χ2v) is 7.16. The maximum absolute atomic E-state index is 6.22. The molecule has 0 spiro atoms. The number of fused-ring (bicyclic) bond motifs is 1. The molecular weight excluding hydrogens is 546 g/mol. The van der Waals surface area contributed by atoms with Crippen LogP contribution in [0.25, 0.3) is 22.4 Å². The van der Waals surface area contributed by atoms with Crippen molar-refractivity contribution in [1.29, 1.82) is 0 Å². The van der Waals surface area contributed by atoms with Crippen LogP contribution >= 0.6 is 11.6 Å². The quantitative estimate of drug-likeness (QED) is 0.261. The number of rotatable bonds is 3. The number of hydrogen-bond acceptors (Lipinski definition) is 0. The van der Waals surface area contributed by atoms with Gasteiger partial charge in [-0.25, -0.2) is 9.13 Å². The van der Waals surface area contributed by atoms with Gasteiger partial charge in [0.1, 0.15) is 0 Å². The molecule has 5 rings (SSSR count). The molecule has 0 atom stereocenters. The molecule has 10 radical (unpaired) electrons. The molecule has 3 aromatic rings. The Balaban J connectivity index is 0.000000404. The molecule has 0 N–H and O–H groups in total. The Morgan fingerprint density at radius 2 is 1.47 bits per heavy atom. The normalized spacial score (nSPS) is 15.9. The fourth-order valence-corrected chi connectivity index (χ4v) is 3.74. The van der Waals surface area contributed by atoms with Crippen molar-refractivity contribution in [1.82, 2.24) is 4.57 Å². The van der Waals surface area contributed by atoms with Gasteiger partial charge in [0.25, 0.3) is 5.82 Å². The van der Waals surface area contributed by atoms with E-state index < -0.39 is 0 Å². The predicted octanol–water partition coefficient (Wildman–Crippen LogP) is 2.21. The Hall–Kier alpha value is -0.551. The van der Waals surface area contributed by atoms with Gasteiger partial charge >= 0.3 is 17.1 Å². The summed E-state index contributed by atoms with van der Waals surface area (Å²) in [5.41, 5.74) is 3.57. The number of para-hydroxylation sites is 2. The van der Waals surface area contributed by atoms with Gasteiger partial charge in [-0.2, -0.15) is 0 Å². The largest absolute Gasteiger partial charge is 2.00 e. The minimum Gasteiger partial charge on any atom is -1.00 e. The monoisotopic (exact) mass is 568 g/mol. The molecule has 2 aliphatic rings.